The van der Waals surface area contributed by atoms with Crippen LogP contribution in [0.4, 0.5) is 4.48 Å². The summed E-state index contributed by atoms with van der Waals surface area (Å²) in [6.45, 7) is 0. The maximum absolute atomic E-state index is 13.2. The van der Waals surface area contributed by atoms with Gasteiger partial charge in [-0.15, -0.1) is 0 Å². The van der Waals surface area contributed by atoms with Crippen LogP contribution in [0.1, 0.15) is 0 Å². The van der Waals surface area contributed by atoms with E-state index in [-0.39, 0.29) is 5.12 Å². The summed E-state index contributed by atoms with van der Waals surface area (Å²) in [5, 5.41) is 4.92. The Kier molecular flexibility index (Phi) is 3.55. The van der Waals surface area contributed by atoms with E-state index in [9.17, 15) is 4.48 Å². The molecule has 1 aliphatic heterocycles. The van der Waals surface area contributed by atoms with Gasteiger partial charge >= 0.3 is 0 Å². The molecular weight excluding hydrogens is 298 g/mol. The van der Waals surface area contributed by atoms with Gasteiger partial charge in [-0.2, -0.15) is 10.2 Å². The Morgan fingerprint density at radius 3 is 2.07 bits per heavy atom. The highest BCUT2D eigenvalue weighted by atomic mass is 35.6. The van der Waals surface area contributed by atoms with Crippen LogP contribution in [-0.4, -0.2) is 37.8 Å². The van der Waals surface area contributed by atoms with E-state index in [4.69, 9.17) is 58.0 Å². The first-order chi connectivity index (χ1) is 6.18. The van der Waals surface area contributed by atoms with Crippen LogP contribution in [0.5, 0.6) is 0 Å². The highest BCUT2D eigenvalue weighted by Crippen LogP contribution is 2.50. The third-order valence-corrected chi connectivity index (χ3v) is 4.07. The molecule has 1 aliphatic rings. The first-order valence-electron chi connectivity index (χ1n) is 3.33. The molecule has 0 fully saturated rings. The van der Waals surface area contributed by atoms with Gasteiger partial charge in [-0.05, 0) is 0 Å². The number of hydrogen-bond donors (Lipinski definition) is 0. The molecule has 0 aromatic heterocycles. The second kappa shape index (κ2) is 3.91. The molecule has 14 heavy (non-hydrogen) atoms. The average molecular weight is 303 g/mol. The van der Waals surface area contributed by atoms with Crippen LogP contribution in [0.3, 0.4) is 0 Å². The maximum Gasteiger partial charge on any atom is 0.227 e. The number of hydrazone groups is 1. The summed E-state index contributed by atoms with van der Waals surface area (Å²) < 4.78 is 9.18. The van der Waals surface area contributed by atoms with Gasteiger partial charge in [0.1, 0.15) is 6.34 Å². The molecule has 0 aliphatic carbocycles. The SMILES string of the molecule is CN1N=CN(F)C1C(Cl)(Cl)C(Cl)(Cl)Cl. The molecule has 0 aromatic carbocycles. The van der Waals surface area contributed by atoms with Gasteiger partial charge in [0, 0.05) is 7.05 Å². The van der Waals surface area contributed by atoms with Crippen LogP contribution in [0.15, 0.2) is 5.10 Å². The van der Waals surface area contributed by atoms with Crippen molar-refractivity contribution >= 4 is 64.3 Å². The van der Waals surface area contributed by atoms with Gasteiger partial charge in [0.25, 0.3) is 0 Å². The fourth-order valence-corrected chi connectivity index (χ4v) is 1.71. The Labute approximate surface area is 105 Å². The van der Waals surface area contributed by atoms with Crippen LogP contribution >= 0.6 is 58.0 Å². The van der Waals surface area contributed by atoms with Crippen LogP contribution < -0.4 is 0 Å². The maximum atomic E-state index is 13.2. The smallest absolute Gasteiger partial charge is 0.227 e. The lowest BCUT2D eigenvalue weighted by molar-refractivity contribution is 0.00732. The second-order valence-electron chi connectivity index (χ2n) is 2.64. The van der Waals surface area contributed by atoms with Gasteiger partial charge in [-0.3, -0.25) is 5.01 Å². The second-order valence-corrected chi connectivity index (χ2v) is 6.31. The minimum absolute atomic E-state index is 0.169. The molecular formula is C5H5Cl5FN3. The van der Waals surface area contributed by atoms with Crippen molar-refractivity contribution in [3.8, 4) is 0 Å². The lowest BCUT2D eigenvalue weighted by atomic mass is 10.3. The number of alkyl halides is 5. The normalized spacial score (nSPS) is 23.5. The molecule has 82 valence electrons. The molecule has 0 aromatic rings. The summed E-state index contributed by atoms with van der Waals surface area (Å²) in [5.74, 6) is 0. The van der Waals surface area contributed by atoms with E-state index in [0.717, 1.165) is 11.3 Å². The molecule has 0 saturated carbocycles. The molecule has 0 radical (unpaired) electrons. The fourth-order valence-electron chi connectivity index (χ4n) is 0.953. The molecule has 0 N–H and O–H groups in total. The zero-order valence-electron chi connectivity index (χ0n) is 6.76. The van der Waals surface area contributed by atoms with Gasteiger partial charge in [-0.25, -0.2) is 0 Å². The Hall–Kier alpha value is 0.650. The van der Waals surface area contributed by atoms with E-state index in [0.29, 0.717) is 0 Å². The van der Waals surface area contributed by atoms with Crippen molar-refractivity contribution in [2.24, 2.45) is 5.10 Å². The molecule has 0 spiro atoms. The Morgan fingerprint density at radius 1 is 1.29 bits per heavy atom. The van der Waals surface area contributed by atoms with Crippen LogP contribution in [0, 0.1) is 0 Å². The number of halogens is 6. The highest BCUT2D eigenvalue weighted by molar-refractivity contribution is 6.75. The fraction of sp³-hybridized carbons (Fsp3) is 0.800. The average Bonchev–Trinajstić information content (AvgIpc) is 2.28. The zero-order chi connectivity index (χ0) is 11.1. The summed E-state index contributed by atoms with van der Waals surface area (Å²) >= 11 is 28.1. The van der Waals surface area contributed by atoms with Crippen molar-refractivity contribution in [2.45, 2.75) is 14.3 Å². The third kappa shape index (κ3) is 2.09. The van der Waals surface area contributed by atoms with E-state index in [1.165, 1.54) is 7.05 Å². The van der Waals surface area contributed by atoms with Crippen molar-refractivity contribution in [2.75, 3.05) is 7.05 Å². The molecule has 0 amide bonds. The van der Waals surface area contributed by atoms with Gasteiger partial charge in [0.15, 0.2) is 6.17 Å². The monoisotopic (exact) mass is 301 g/mol. The van der Waals surface area contributed by atoms with Crippen molar-refractivity contribution in [1.82, 2.24) is 10.1 Å². The minimum Gasteiger partial charge on any atom is -0.270 e. The van der Waals surface area contributed by atoms with Gasteiger partial charge < -0.3 is 0 Å². The molecule has 1 heterocycles. The third-order valence-electron chi connectivity index (χ3n) is 1.63. The highest BCUT2D eigenvalue weighted by Gasteiger charge is 2.57. The molecule has 0 saturated heterocycles. The molecule has 1 rings (SSSR count). The first kappa shape index (κ1) is 12.7. The van der Waals surface area contributed by atoms with E-state index in [1.807, 2.05) is 0 Å². The summed E-state index contributed by atoms with van der Waals surface area (Å²) in [4.78, 5) is 0. The Balaban J connectivity index is 2.93. The molecule has 1 atom stereocenters. The number of rotatable bonds is 1. The Morgan fingerprint density at radius 2 is 1.79 bits per heavy atom. The largest absolute Gasteiger partial charge is 0.270 e. The summed E-state index contributed by atoms with van der Waals surface area (Å²) in [7, 11) is 1.46. The predicted octanol–water partition coefficient (Wildman–Crippen LogP) is 2.93. The number of hydrogen-bond acceptors (Lipinski definition) is 3. The van der Waals surface area contributed by atoms with E-state index >= 15 is 0 Å². The van der Waals surface area contributed by atoms with Crippen molar-refractivity contribution in [3.05, 3.63) is 0 Å². The molecule has 0 bridgehead atoms. The first-order valence-corrected chi connectivity index (χ1v) is 5.22. The van der Waals surface area contributed by atoms with E-state index in [1.54, 1.807) is 0 Å². The van der Waals surface area contributed by atoms with Crippen molar-refractivity contribution in [3.63, 3.8) is 0 Å². The lowest BCUT2D eigenvalue weighted by Gasteiger charge is -2.36. The molecule has 3 nitrogen and oxygen atoms in total. The van der Waals surface area contributed by atoms with E-state index in [2.05, 4.69) is 5.10 Å². The van der Waals surface area contributed by atoms with Crippen LogP contribution in [0.2, 0.25) is 0 Å². The van der Waals surface area contributed by atoms with Crippen LogP contribution in [0.25, 0.3) is 0 Å². The lowest BCUT2D eigenvalue weighted by Crippen LogP contribution is -2.53. The summed E-state index contributed by atoms with van der Waals surface area (Å²) in [5.41, 5.74) is 0. The number of nitrogens with zero attached hydrogens (tertiary/aromatic N) is 3. The van der Waals surface area contributed by atoms with Crippen molar-refractivity contribution in [1.29, 1.82) is 0 Å². The van der Waals surface area contributed by atoms with Gasteiger partial charge in [-0.1, -0.05) is 62.5 Å². The Bertz CT molecular complexity index is 240. The summed E-state index contributed by atoms with van der Waals surface area (Å²) in [6, 6.07) is 0. The van der Waals surface area contributed by atoms with Gasteiger partial charge in [0.2, 0.25) is 8.13 Å². The minimum atomic E-state index is -2.03. The predicted molar refractivity (Wildman–Crippen MR) is 57.7 cm³/mol. The molecule has 9 heteroatoms. The standard InChI is InChI=1S/C5H5Cl5FN3/c1-13-3(14(11)2-12-13)4(6,7)5(8,9)10/h2-3H,1H3. The topological polar surface area (TPSA) is 18.8 Å². The van der Waals surface area contributed by atoms with Gasteiger partial charge in [0.05, 0.1) is 0 Å². The summed E-state index contributed by atoms with van der Waals surface area (Å²) in [6.07, 6.45) is -0.293. The molecule has 1 unspecified atom stereocenters. The van der Waals surface area contributed by atoms with Crippen molar-refractivity contribution < 1.29 is 4.48 Å². The van der Waals surface area contributed by atoms with E-state index < -0.39 is 14.3 Å². The van der Waals surface area contributed by atoms with Crippen LogP contribution in [-0.2, 0) is 0 Å². The zero-order valence-corrected chi connectivity index (χ0v) is 10.5. The quantitative estimate of drug-likeness (QED) is 0.548.